The SMILES string of the molecule is CC(C)(C)C(=O)N1CCN(C(=O)c2csc(CCN)n2)CC1. The van der Waals surface area contributed by atoms with Crippen LogP contribution in [0.5, 0.6) is 0 Å². The smallest absolute Gasteiger partial charge is 0.273 e. The molecule has 1 aliphatic heterocycles. The molecule has 122 valence electrons. The first-order valence-corrected chi connectivity index (χ1v) is 8.44. The number of nitrogens with zero attached hydrogens (tertiary/aromatic N) is 3. The third-order valence-electron chi connectivity index (χ3n) is 3.62. The highest BCUT2D eigenvalue weighted by Gasteiger charge is 2.31. The summed E-state index contributed by atoms with van der Waals surface area (Å²) in [5, 5.41) is 2.69. The van der Waals surface area contributed by atoms with Gasteiger partial charge in [-0.3, -0.25) is 9.59 Å². The number of hydrogen-bond acceptors (Lipinski definition) is 5. The summed E-state index contributed by atoms with van der Waals surface area (Å²) in [5.41, 5.74) is 5.61. The van der Waals surface area contributed by atoms with Gasteiger partial charge in [0, 0.05) is 43.4 Å². The fourth-order valence-electron chi connectivity index (χ4n) is 2.40. The molecular formula is C15H24N4O2S. The number of rotatable bonds is 3. The molecule has 1 fully saturated rings. The highest BCUT2D eigenvalue weighted by atomic mass is 32.1. The van der Waals surface area contributed by atoms with Gasteiger partial charge in [0.2, 0.25) is 5.91 Å². The van der Waals surface area contributed by atoms with Crippen LogP contribution < -0.4 is 5.73 Å². The zero-order chi connectivity index (χ0) is 16.3. The van der Waals surface area contributed by atoms with Crippen LogP contribution >= 0.6 is 11.3 Å². The van der Waals surface area contributed by atoms with Crippen molar-refractivity contribution in [3.8, 4) is 0 Å². The Morgan fingerprint density at radius 1 is 1.23 bits per heavy atom. The number of piperazine rings is 1. The first-order chi connectivity index (χ1) is 10.3. The highest BCUT2D eigenvalue weighted by Crippen LogP contribution is 2.19. The van der Waals surface area contributed by atoms with Crippen LogP contribution in [0.15, 0.2) is 5.38 Å². The first kappa shape index (κ1) is 16.9. The van der Waals surface area contributed by atoms with Gasteiger partial charge in [0.1, 0.15) is 5.69 Å². The predicted molar refractivity (Wildman–Crippen MR) is 86.8 cm³/mol. The predicted octanol–water partition coefficient (Wildman–Crippen LogP) is 0.975. The minimum Gasteiger partial charge on any atom is -0.339 e. The van der Waals surface area contributed by atoms with E-state index in [2.05, 4.69) is 4.98 Å². The molecule has 1 aromatic rings. The maximum atomic E-state index is 12.4. The van der Waals surface area contributed by atoms with Crippen LogP contribution in [0.25, 0.3) is 0 Å². The summed E-state index contributed by atoms with van der Waals surface area (Å²) in [6.45, 7) is 8.58. The van der Waals surface area contributed by atoms with Gasteiger partial charge in [-0.2, -0.15) is 0 Å². The lowest BCUT2D eigenvalue weighted by Gasteiger charge is -2.37. The van der Waals surface area contributed by atoms with Crippen molar-refractivity contribution in [1.29, 1.82) is 0 Å². The summed E-state index contributed by atoms with van der Waals surface area (Å²) in [7, 11) is 0. The van der Waals surface area contributed by atoms with Crippen LogP contribution in [0.2, 0.25) is 0 Å². The van der Waals surface area contributed by atoms with Crippen molar-refractivity contribution in [2.75, 3.05) is 32.7 Å². The molecule has 1 saturated heterocycles. The summed E-state index contributed by atoms with van der Waals surface area (Å²) < 4.78 is 0. The lowest BCUT2D eigenvalue weighted by molar-refractivity contribution is -0.140. The number of hydrogen-bond donors (Lipinski definition) is 1. The summed E-state index contributed by atoms with van der Waals surface area (Å²) in [4.78, 5) is 32.6. The minimum atomic E-state index is -0.377. The molecular weight excluding hydrogens is 300 g/mol. The standard InChI is InChI=1S/C15H24N4O2S/c1-15(2,3)14(21)19-8-6-18(7-9-19)13(20)11-10-22-12(17-11)4-5-16/h10H,4-9,16H2,1-3H3. The third-order valence-corrected chi connectivity index (χ3v) is 4.53. The zero-order valence-electron chi connectivity index (χ0n) is 13.5. The molecule has 0 spiro atoms. The van der Waals surface area contributed by atoms with E-state index in [9.17, 15) is 9.59 Å². The molecule has 0 saturated carbocycles. The second-order valence-electron chi connectivity index (χ2n) is 6.50. The Morgan fingerprint density at radius 2 is 1.82 bits per heavy atom. The van der Waals surface area contributed by atoms with Crippen LogP contribution in [-0.2, 0) is 11.2 Å². The number of aromatic nitrogens is 1. The Morgan fingerprint density at radius 3 is 2.36 bits per heavy atom. The zero-order valence-corrected chi connectivity index (χ0v) is 14.3. The first-order valence-electron chi connectivity index (χ1n) is 7.56. The fourth-order valence-corrected chi connectivity index (χ4v) is 3.18. The van der Waals surface area contributed by atoms with Crippen LogP contribution in [0.4, 0.5) is 0 Å². The molecule has 2 N–H and O–H groups in total. The van der Waals surface area contributed by atoms with Gasteiger partial charge < -0.3 is 15.5 Å². The van der Waals surface area contributed by atoms with Gasteiger partial charge >= 0.3 is 0 Å². The second kappa shape index (κ2) is 6.75. The van der Waals surface area contributed by atoms with E-state index in [4.69, 9.17) is 5.73 Å². The molecule has 7 heteroatoms. The second-order valence-corrected chi connectivity index (χ2v) is 7.44. The highest BCUT2D eigenvalue weighted by molar-refractivity contribution is 7.09. The summed E-state index contributed by atoms with van der Waals surface area (Å²) in [5.74, 6) is 0.0841. The summed E-state index contributed by atoms with van der Waals surface area (Å²) >= 11 is 1.47. The number of carbonyl (C=O) groups excluding carboxylic acids is 2. The van der Waals surface area contributed by atoms with Gasteiger partial charge in [-0.25, -0.2) is 4.98 Å². The summed E-state index contributed by atoms with van der Waals surface area (Å²) in [6.07, 6.45) is 0.700. The monoisotopic (exact) mass is 324 g/mol. The van der Waals surface area contributed by atoms with E-state index in [1.807, 2.05) is 25.7 Å². The van der Waals surface area contributed by atoms with Crippen LogP contribution in [0, 0.1) is 5.41 Å². The van der Waals surface area contributed by atoms with Crippen molar-refractivity contribution in [3.63, 3.8) is 0 Å². The Kier molecular flexibility index (Phi) is 5.18. The average Bonchev–Trinajstić information content (AvgIpc) is 2.94. The molecule has 0 bridgehead atoms. The van der Waals surface area contributed by atoms with Gasteiger partial charge in [-0.1, -0.05) is 20.8 Å². The molecule has 6 nitrogen and oxygen atoms in total. The van der Waals surface area contributed by atoms with Crippen LogP contribution in [0.3, 0.4) is 0 Å². The van der Waals surface area contributed by atoms with Gasteiger partial charge in [0.25, 0.3) is 5.91 Å². The molecule has 22 heavy (non-hydrogen) atoms. The maximum absolute atomic E-state index is 12.4. The number of carbonyl (C=O) groups is 2. The Labute approximate surface area is 135 Å². The maximum Gasteiger partial charge on any atom is 0.273 e. The van der Waals surface area contributed by atoms with E-state index >= 15 is 0 Å². The molecule has 0 aromatic carbocycles. The normalized spacial score (nSPS) is 16.0. The van der Waals surface area contributed by atoms with Crippen molar-refractivity contribution in [1.82, 2.24) is 14.8 Å². The van der Waals surface area contributed by atoms with Crippen LogP contribution in [-0.4, -0.2) is 59.3 Å². The van der Waals surface area contributed by atoms with Gasteiger partial charge in [-0.05, 0) is 6.54 Å². The number of amides is 2. The van der Waals surface area contributed by atoms with E-state index < -0.39 is 0 Å². The Hall–Kier alpha value is -1.47. The molecule has 0 radical (unpaired) electrons. The quantitative estimate of drug-likeness (QED) is 0.899. The lowest BCUT2D eigenvalue weighted by atomic mass is 9.94. The van der Waals surface area contributed by atoms with Gasteiger partial charge in [0.15, 0.2) is 0 Å². The number of thiazole rings is 1. The Balaban J connectivity index is 1.93. The summed E-state index contributed by atoms with van der Waals surface area (Å²) in [6, 6.07) is 0. The molecule has 0 unspecified atom stereocenters. The van der Waals surface area contributed by atoms with Crippen molar-refractivity contribution in [2.45, 2.75) is 27.2 Å². The molecule has 1 aromatic heterocycles. The van der Waals surface area contributed by atoms with Crippen molar-refractivity contribution < 1.29 is 9.59 Å². The van der Waals surface area contributed by atoms with E-state index in [0.29, 0.717) is 44.8 Å². The molecule has 2 rings (SSSR count). The topological polar surface area (TPSA) is 79.5 Å². The van der Waals surface area contributed by atoms with Crippen molar-refractivity contribution in [3.05, 3.63) is 16.1 Å². The molecule has 0 atom stereocenters. The van der Waals surface area contributed by atoms with E-state index in [1.165, 1.54) is 11.3 Å². The largest absolute Gasteiger partial charge is 0.339 e. The Bertz CT molecular complexity index is 542. The number of nitrogens with two attached hydrogens (primary N) is 1. The molecule has 2 heterocycles. The van der Waals surface area contributed by atoms with Crippen LogP contribution in [0.1, 0.15) is 36.3 Å². The fraction of sp³-hybridized carbons (Fsp3) is 0.667. The van der Waals surface area contributed by atoms with Crippen molar-refractivity contribution in [2.24, 2.45) is 11.1 Å². The molecule has 2 amide bonds. The van der Waals surface area contributed by atoms with E-state index in [-0.39, 0.29) is 17.2 Å². The average molecular weight is 324 g/mol. The molecule has 1 aliphatic rings. The lowest BCUT2D eigenvalue weighted by Crippen LogP contribution is -2.53. The van der Waals surface area contributed by atoms with Gasteiger partial charge in [-0.15, -0.1) is 11.3 Å². The minimum absolute atomic E-state index is 0.0534. The molecule has 0 aliphatic carbocycles. The van der Waals surface area contributed by atoms with Crippen molar-refractivity contribution >= 4 is 23.2 Å². The van der Waals surface area contributed by atoms with E-state index in [0.717, 1.165) is 5.01 Å². The van der Waals surface area contributed by atoms with E-state index in [1.54, 1.807) is 10.3 Å². The third kappa shape index (κ3) is 3.84. The van der Waals surface area contributed by atoms with Gasteiger partial charge in [0.05, 0.1) is 5.01 Å².